The van der Waals surface area contributed by atoms with Crippen LogP contribution in [0.3, 0.4) is 0 Å². The Balaban J connectivity index is 0.00000324. The molecule has 7 nitrogen and oxygen atoms in total. The van der Waals surface area contributed by atoms with Crippen molar-refractivity contribution in [1.82, 2.24) is 19.2 Å². The maximum atomic E-state index is 12.9. The van der Waals surface area contributed by atoms with Crippen molar-refractivity contribution in [2.24, 2.45) is 0 Å². The first-order valence-electron chi connectivity index (χ1n) is 11.7. The molecular formula is C25H33Cl2N5O2. The molecule has 34 heavy (non-hydrogen) atoms. The first kappa shape index (κ1) is 26.1. The minimum atomic E-state index is -0.0453. The molecule has 0 bridgehead atoms. The van der Waals surface area contributed by atoms with Crippen LogP contribution in [0, 0.1) is 0 Å². The molecule has 0 amide bonds. The Kier molecular flexibility index (Phi) is 9.86. The largest absolute Gasteiger partial charge is 0.492 e. The zero-order valence-electron chi connectivity index (χ0n) is 19.6. The van der Waals surface area contributed by atoms with Gasteiger partial charge >= 0.3 is 5.69 Å². The highest BCUT2D eigenvalue weighted by atomic mass is 35.5. The van der Waals surface area contributed by atoms with E-state index in [1.807, 2.05) is 49.4 Å². The molecule has 1 fully saturated rings. The molecule has 2 aromatic carbocycles. The van der Waals surface area contributed by atoms with E-state index < -0.39 is 0 Å². The van der Waals surface area contributed by atoms with E-state index in [0.29, 0.717) is 19.7 Å². The van der Waals surface area contributed by atoms with Crippen molar-refractivity contribution in [1.29, 1.82) is 0 Å². The number of ether oxygens (including phenoxy) is 1. The zero-order chi connectivity index (χ0) is 23.0. The molecule has 0 unspecified atom stereocenters. The van der Waals surface area contributed by atoms with Crippen molar-refractivity contribution in [3.63, 3.8) is 0 Å². The van der Waals surface area contributed by atoms with Crippen LogP contribution in [0.15, 0.2) is 59.4 Å². The molecule has 0 saturated carbocycles. The van der Waals surface area contributed by atoms with Crippen molar-refractivity contribution < 1.29 is 4.74 Å². The molecule has 9 heteroatoms. The van der Waals surface area contributed by atoms with E-state index in [0.717, 1.165) is 62.2 Å². The second-order valence-corrected chi connectivity index (χ2v) is 8.68. The van der Waals surface area contributed by atoms with Gasteiger partial charge < -0.3 is 9.64 Å². The molecule has 0 N–H and O–H groups in total. The van der Waals surface area contributed by atoms with E-state index in [2.05, 4.69) is 27.0 Å². The van der Waals surface area contributed by atoms with Crippen LogP contribution in [0.1, 0.15) is 19.2 Å². The third kappa shape index (κ3) is 6.78. The molecule has 0 aliphatic carbocycles. The third-order valence-electron chi connectivity index (χ3n) is 6.05. The lowest BCUT2D eigenvalue weighted by molar-refractivity contribution is 0.248. The van der Waals surface area contributed by atoms with Crippen LogP contribution < -0.4 is 15.3 Å². The van der Waals surface area contributed by atoms with Crippen LogP contribution in [0.5, 0.6) is 5.75 Å². The number of aromatic nitrogens is 3. The predicted octanol–water partition coefficient (Wildman–Crippen LogP) is 3.97. The molecule has 184 valence electrons. The summed E-state index contributed by atoms with van der Waals surface area (Å²) >= 11 is 6.00. The van der Waals surface area contributed by atoms with Gasteiger partial charge in [-0.2, -0.15) is 5.10 Å². The summed E-state index contributed by atoms with van der Waals surface area (Å²) in [7, 11) is 0. The number of hydrogen-bond acceptors (Lipinski definition) is 5. The van der Waals surface area contributed by atoms with Crippen LogP contribution in [0.25, 0.3) is 0 Å². The molecule has 0 atom stereocenters. The maximum absolute atomic E-state index is 12.9. The fourth-order valence-electron chi connectivity index (χ4n) is 4.21. The Hall–Kier alpha value is -2.48. The Morgan fingerprint density at radius 2 is 1.65 bits per heavy atom. The summed E-state index contributed by atoms with van der Waals surface area (Å²) in [6.45, 7) is 8.61. The van der Waals surface area contributed by atoms with Gasteiger partial charge in [0.2, 0.25) is 0 Å². The fraction of sp³-hybridized carbons (Fsp3) is 0.440. The Labute approximate surface area is 212 Å². The highest BCUT2D eigenvalue weighted by molar-refractivity contribution is 6.30. The zero-order valence-corrected chi connectivity index (χ0v) is 21.2. The lowest BCUT2D eigenvalue weighted by atomic mass is 10.2. The Morgan fingerprint density at radius 3 is 2.32 bits per heavy atom. The average Bonchev–Trinajstić information content (AvgIpc) is 3.15. The van der Waals surface area contributed by atoms with Crippen LogP contribution in [-0.2, 0) is 19.5 Å². The molecule has 0 radical (unpaired) electrons. The van der Waals surface area contributed by atoms with Crippen LogP contribution in [-0.4, -0.2) is 58.6 Å². The van der Waals surface area contributed by atoms with Gasteiger partial charge in [-0.3, -0.25) is 9.47 Å². The summed E-state index contributed by atoms with van der Waals surface area (Å²) < 4.78 is 9.13. The van der Waals surface area contributed by atoms with E-state index in [-0.39, 0.29) is 18.1 Å². The second kappa shape index (κ2) is 12.8. The Morgan fingerprint density at radius 1 is 0.941 bits per heavy atom. The van der Waals surface area contributed by atoms with Crippen molar-refractivity contribution in [3.8, 4) is 5.75 Å². The van der Waals surface area contributed by atoms with Gasteiger partial charge in [0.05, 0.1) is 6.54 Å². The highest BCUT2D eigenvalue weighted by Crippen LogP contribution is 2.19. The maximum Gasteiger partial charge on any atom is 0.346 e. The van der Waals surface area contributed by atoms with E-state index in [9.17, 15) is 4.79 Å². The summed E-state index contributed by atoms with van der Waals surface area (Å²) in [5.74, 6) is 1.63. The lowest BCUT2D eigenvalue weighted by Crippen LogP contribution is -2.46. The molecule has 4 rings (SSSR count). The number of para-hydroxylation sites is 1. The fourth-order valence-corrected chi connectivity index (χ4v) is 4.34. The van der Waals surface area contributed by atoms with E-state index in [1.54, 1.807) is 9.25 Å². The van der Waals surface area contributed by atoms with Crippen LogP contribution in [0.4, 0.5) is 5.69 Å². The standard InChI is InChI=1S/C25H32ClN5O2.ClH/c1-2-24-27-31(25(32)30(24)19-20-33-23-7-4-3-5-8-23)14-6-13-28-15-17-29(18-16-28)22-11-9-21(26)10-12-22;/h3-5,7-12H,2,6,13-20H2,1H3;1H. The summed E-state index contributed by atoms with van der Waals surface area (Å²) in [5.41, 5.74) is 1.18. The number of aryl methyl sites for hydroxylation is 2. The predicted molar refractivity (Wildman–Crippen MR) is 140 cm³/mol. The van der Waals surface area contributed by atoms with Gasteiger partial charge in [0.1, 0.15) is 18.2 Å². The van der Waals surface area contributed by atoms with Crippen LogP contribution >= 0.6 is 24.0 Å². The third-order valence-corrected chi connectivity index (χ3v) is 6.30. The summed E-state index contributed by atoms with van der Waals surface area (Å²) in [6.07, 6.45) is 1.63. The smallest absolute Gasteiger partial charge is 0.346 e. The molecule has 1 aliphatic heterocycles. The number of nitrogens with zero attached hydrogens (tertiary/aromatic N) is 5. The number of halogens is 2. The number of hydrogen-bond donors (Lipinski definition) is 0. The first-order valence-corrected chi connectivity index (χ1v) is 12.1. The van der Waals surface area contributed by atoms with Gasteiger partial charge in [-0.15, -0.1) is 12.4 Å². The van der Waals surface area contributed by atoms with E-state index >= 15 is 0 Å². The van der Waals surface area contributed by atoms with Crippen molar-refractivity contribution in [3.05, 3.63) is 75.9 Å². The molecule has 2 heterocycles. The van der Waals surface area contributed by atoms with E-state index in [4.69, 9.17) is 16.3 Å². The molecular weight excluding hydrogens is 473 g/mol. The van der Waals surface area contributed by atoms with Gasteiger partial charge in [-0.25, -0.2) is 9.48 Å². The van der Waals surface area contributed by atoms with Crippen molar-refractivity contribution in [2.75, 3.05) is 44.2 Å². The van der Waals surface area contributed by atoms with Crippen LogP contribution in [0.2, 0.25) is 5.02 Å². The minimum Gasteiger partial charge on any atom is -0.492 e. The topological polar surface area (TPSA) is 55.5 Å². The molecule has 1 saturated heterocycles. The first-order chi connectivity index (χ1) is 16.1. The monoisotopic (exact) mass is 505 g/mol. The minimum absolute atomic E-state index is 0. The number of rotatable bonds is 10. The normalized spacial score (nSPS) is 14.1. The quantitative estimate of drug-likeness (QED) is 0.417. The summed E-state index contributed by atoms with van der Waals surface area (Å²) in [6, 6.07) is 17.7. The van der Waals surface area contributed by atoms with Gasteiger partial charge in [0, 0.05) is 56.4 Å². The van der Waals surface area contributed by atoms with Crippen molar-refractivity contribution >= 4 is 29.7 Å². The molecule has 1 aromatic heterocycles. The number of anilines is 1. The lowest BCUT2D eigenvalue weighted by Gasteiger charge is -2.36. The highest BCUT2D eigenvalue weighted by Gasteiger charge is 2.17. The molecule has 3 aromatic rings. The Bertz CT molecular complexity index is 1060. The summed E-state index contributed by atoms with van der Waals surface area (Å²) in [4.78, 5) is 17.7. The van der Waals surface area contributed by atoms with E-state index in [1.165, 1.54) is 5.69 Å². The molecule has 1 aliphatic rings. The second-order valence-electron chi connectivity index (χ2n) is 8.25. The van der Waals surface area contributed by atoms with Crippen molar-refractivity contribution in [2.45, 2.75) is 32.9 Å². The number of piperazine rings is 1. The average molecular weight is 506 g/mol. The van der Waals surface area contributed by atoms with Gasteiger partial charge in [-0.05, 0) is 42.8 Å². The van der Waals surface area contributed by atoms with Gasteiger partial charge in [0.15, 0.2) is 0 Å². The summed E-state index contributed by atoms with van der Waals surface area (Å²) in [5, 5.41) is 5.34. The van der Waals surface area contributed by atoms with Gasteiger partial charge in [-0.1, -0.05) is 36.7 Å². The SMILES string of the molecule is CCc1nn(CCCN2CCN(c3ccc(Cl)cc3)CC2)c(=O)n1CCOc1ccccc1.Cl. The van der Waals surface area contributed by atoms with Gasteiger partial charge in [0.25, 0.3) is 0 Å². The molecule has 0 spiro atoms. The number of benzene rings is 2.